The summed E-state index contributed by atoms with van der Waals surface area (Å²) in [7, 11) is 3.63. The Bertz CT molecular complexity index is 168. The van der Waals surface area contributed by atoms with E-state index in [2.05, 4.69) is 6.92 Å². The molecule has 1 fully saturated rings. The monoisotopic (exact) mass is 170 g/mol. The fraction of sp³-hybridized carbons (Fsp3) is 0.889. The van der Waals surface area contributed by atoms with Gasteiger partial charge in [-0.1, -0.05) is 6.92 Å². The number of hydrogen-bond acceptors (Lipinski definition) is 1. The Balaban J connectivity index is 2.55. The van der Waals surface area contributed by atoms with Gasteiger partial charge in [0.1, 0.15) is 0 Å². The number of urea groups is 1. The maximum atomic E-state index is 11.6. The van der Waals surface area contributed by atoms with E-state index >= 15 is 0 Å². The molecule has 3 heteroatoms. The van der Waals surface area contributed by atoms with Crippen LogP contribution >= 0.6 is 0 Å². The molecule has 0 aliphatic carbocycles. The Morgan fingerprint density at radius 3 is 2.75 bits per heavy atom. The van der Waals surface area contributed by atoms with Crippen LogP contribution in [0.15, 0.2) is 0 Å². The molecule has 1 atom stereocenters. The number of carbonyl (C=O) groups is 1. The van der Waals surface area contributed by atoms with Crippen LogP contribution in [0.1, 0.15) is 26.2 Å². The SMILES string of the molecule is CCC1CCCN1C(=O)N(C)C. The van der Waals surface area contributed by atoms with E-state index in [9.17, 15) is 4.79 Å². The van der Waals surface area contributed by atoms with Gasteiger partial charge in [0, 0.05) is 26.7 Å². The van der Waals surface area contributed by atoms with Crippen LogP contribution in [0.3, 0.4) is 0 Å². The molecule has 1 saturated heterocycles. The van der Waals surface area contributed by atoms with Crippen LogP contribution in [0.5, 0.6) is 0 Å². The quantitative estimate of drug-likeness (QED) is 0.585. The van der Waals surface area contributed by atoms with Crippen LogP contribution in [-0.4, -0.2) is 42.5 Å². The molecule has 1 unspecified atom stereocenters. The lowest BCUT2D eigenvalue weighted by Gasteiger charge is -2.26. The van der Waals surface area contributed by atoms with Crippen molar-refractivity contribution in [2.75, 3.05) is 20.6 Å². The van der Waals surface area contributed by atoms with Crippen molar-refractivity contribution in [1.82, 2.24) is 9.80 Å². The van der Waals surface area contributed by atoms with Crippen LogP contribution in [0.25, 0.3) is 0 Å². The predicted octanol–water partition coefficient (Wildman–Crippen LogP) is 1.54. The van der Waals surface area contributed by atoms with E-state index in [1.54, 1.807) is 4.90 Å². The molecular formula is C9H18N2O. The summed E-state index contributed by atoms with van der Waals surface area (Å²) in [4.78, 5) is 15.2. The van der Waals surface area contributed by atoms with Gasteiger partial charge in [0.25, 0.3) is 0 Å². The highest BCUT2D eigenvalue weighted by Crippen LogP contribution is 2.20. The fourth-order valence-electron chi connectivity index (χ4n) is 1.77. The standard InChI is InChI=1S/C9H18N2O/c1-4-8-6-5-7-11(8)9(12)10(2)3/h8H,4-7H2,1-3H3. The minimum absolute atomic E-state index is 0.166. The van der Waals surface area contributed by atoms with Crippen molar-refractivity contribution < 1.29 is 4.79 Å². The maximum Gasteiger partial charge on any atom is 0.319 e. The van der Waals surface area contributed by atoms with Crippen molar-refractivity contribution in [2.45, 2.75) is 32.2 Å². The summed E-state index contributed by atoms with van der Waals surface area (Å²) in [5.41, 5.74) is 0. The largest absolute Gasteiger partial charge is 0.331 e. The third-order valence-corrected chi connectivity index (χ3v) is 2.48. The first-order valence-corrected chi connectivity index (χ1v) is 4.64. The zero-order chi connectivity index (χ0) is 9.14. The van der Waals surface area contributed by atoms with Crippen molar-refractivity contribution >= 4 is 6.03 Å². The number of amides is 2. The van der Waals surface area contributed by atoms with Crippen molar-refractivity contribution in [3.63, 3.8) is 0 Å². The number of likely N-dealkylation sites (tertiary alicyclic amines) is 1. The zero-order valence-electron chi connectivity index (χ0n) is 8.21. The molecule has 1 heterocycles. The van der Waals surface area contributed by atoms with Crippen LogP contribution in [0.4, 0.5) is 4.79 Å². The number of nitrogens with zero attached hydrogens (tertiary/aromatic N) is 2. The highest BCUT2D eigenvalue weighted by molar-refractivity contribution is 5.74. The van der Waals surface area contributed by atoms with Crippen LogP contribution in [0, 0.1) is 0 Å². The van der Waals surface area contributed by atoms with Gasteiger partial charge in [-0.15, -0.1) is 0 Å². The Morgan fingerprint density at radius 2 is 2.25 bits per heavy atom. The first-order valence-electron chi connectivity index (χ1n) is 4.64. The van der Waals surface area contributed by atoms with Gasteiger partial charge < -0.3 is 9.80 Å². The lowest BCUT2D eigenvalue weighted by molar-refractivity contribution is 0.165. The lowest BCUT2D eigenvalue weighted by atomic mass is 10.2. The summed E-state index contributed by atoms with van der Waals surface area (Å²) in [6.07, 6.45) is 3.42. The highest BCUT2D eigenvalue weighted by Gasteiger charge is 2.27. The Kier molecular flexibility index (Phi) is 2.95. The highest BCUT2D eigenvalue weighted by atomic mass is 16.2. The average Bonchev–Trinajstić information content (AvgIpc) is 2.49. The molecule has 0 spiro atoms. The zero-order valence-corrected chi connectivity index (χ0v) is 8.21. The molecule has 0 saturated carbocycles. The van der Waals surface area contributed by atoms with E-state index in [-0.39, 0.29) is 6.03 Å². The first kappa shape index (κ1) is 9.36. The van der Waals surface area contributed by atoms with E-state index in [1.807, 2.05) is 19.0 Å². The molecule has 1 rings (SSSR count). The van der Waals surface area contributed by atoms with Gasteiger partial charge in [-0.3, -0.25) is 0 Å². The van der Waals surface area contributed by atoms with Gasteiger partial charge in [-0.2, -0.15) is 0 Å². The molecule has 2 amide bonds. The molecule has 0 aromatic heterocycles. The minimum Gasteiger partial charge on any atom is -0.331 e. The second-order valence-electron chi connectivity index (χ2n) is 3.57. The smallest absolute Gasteiger partial charge is 0.319 e. The number of carbonyl (C=O) groups excluding carboxylic acids is 1. The summed E-state index contributed by atoms with van der Waals surface area (Å²) in [6.45, 7) is 3.08. The normalized spacial score (nSPS) is 22.9. The average molecular weight is 170 g/mol. The van der Waals surface area contributed by atoms with E-state index in [4.69, 9.17) is 0 Å². The lowest BCUT2D eigenvalue weighted by Crippen LogP contribution is -2.41. The summed E-state index contributed by atoms with van der Waals surface area (Å²) < 4.78 is 0. The maximum absolute atomic E-state index is 11.6. The Labute approximate surface area is 74.3 Å². The van der Waals surface area contributed by atoms with Gasteiger partial charge in [-0.25, -0.2) is 4.79 Å². The third kappa shape index (κ3) is 1.71. The van der Waals surface area contributed by atoms with Crippen molar-refractivity contribution in [2.24, 2.45) is 0 Å². The number of hydrogen-bond donors (Lipinski definition) is 0. The summed E-state index contributed by atoms with van der Waals surface area (Å²) in [6, 6.07) is 0.652. The van der Waals surface area contributed by atoms with Gasteiger partial charge in [0.05, 0.1) is 0 Å². The Morgan fingerprint density at radius 1 is 1.58 bits per heavy atom. The van der Waals surface area contributed by atoms with Crippen LogP contribution in [-0.2, 0) is 0 Å². The molecule has 0 bridgehead atoms. The van der Waals surface area contributed by atoms with Crippen molar-refractivity contribution in [3.8, 4) is 0 Å². The van der Waals surface area contributed by atoms with Gasteiger partial charge in [0.2, 0.25) is 0 Å². The molecule has 0 aromatic carbocycles. The number of rotatable bonds is 1. The molecule has 3 nitrogen and oxygen atoms in total. The van der Waals surface area contributed by atoms with Gasteiger partial charge >= 0.3 is 6.03 Å². The molecular weight excluding hydrogens is 152 g/mol. The molecule has 12 heavy (non-hydrogen) atoms. The predicted molar refractivity (Wildman–Crippen MR) is 49.1 cm³/mol. The summed E-state index contributed by atoms with van der Waals surface area (Å²) >= 11 is 0. The molecule has 70 valence electrons. The second kappa shape index (κ2) is 3.78. The molecule has 1 aliphatic rings. The fourth-order valence-corrected chi connectivity index (χ4v) is 1.77. The topological polar surface area (TPSA) is 23.6 Å². The minimum atomic E-state index is 0.166. The van der Waals surface area contributed by atoms with Crippen molar-refractivity contribution in [1.29, 1.82) is 0 Å². The van der Waals surface area contributed by atoms with Gasteiger partial charge in [-0.05, 0) is 19.3 Å². The summed E-state index contributed by atoms with van der Waals surface area (Å²) in [5, 5.41) is 0. The Hall–Kier alpha value is -0.730. The second-order valence-corrected chi connectivity index (χ2v) is 3.57. The van der Waals surface area contributed by atoms with Gasteiger partial charge in [0.15, 0.2) is 0 Å². The van der Waals surface area contributed by atoms with Crippen LogP contribution < -0.4 is 0 Å². The van der Waals surface area contributed by atoms with Crippen molar-refractivity contribution in [3.05, 3.63) is 0 Å². The van der Waals surface area contributed by atoms with E-state index in [0.717, 1.165) is 19.4 Å². The molecule has 0 N–H and O–H groups in total. The first-order chi connectivity index (χ1) is 5.66. The molecule has 0 aromatic rings. The summed E-state index contributed by atoms with van der Waals surface area (Å²) in [5.74, 6) is 0. The van der Waals surface area contributed by atoms with E-state index in [1.165, 1.54) is 6.42 Å². The molecule has 1 aliphatic heterocycles. The third-order valence-electron chi connectivity index (χ3n) is 2.48. The van der Waals surface area contributed by atoms with E-state index < -0.39 is 0 Å². The molecule has 0 radical (unpaired) electrons. The van der Waals surface area contributed by atoms with E-state index in [0.29, 0.717) is 6.04 Å². The van der Waals surface area contributed by atoms with Crippen LogP contribution in [0.2, 0.25) is 0 Å².